The number of methoxy groups -OCH3 is 1. The molecule has 0 spiro atoms. The summed E-state index contributed by atoms with van der Waals surface area (Å²) in [4.78, 5) is 35.6. The van der Waals surface area contributed by atoms with Crippen molar-refractivity contribution in [1.29, 1.82) is 0 Å². The Kier molecular flexibility index (Phi) is 7.01. The molecule has 0 heterocycles. The number of urea groups is 1. The number of rotatable bonds is 6. The van der Waals surface area contributed by atoms with E-state index >= 15 is 0 Å². The summed E-state index contributed by atoms with van der Waals surface area (Å²) < 4.78 is 5.04. The Morgan fingerprint density at radius 2 is 1.83 bits per heavy atom. The SMILES string of the molecule is CNC(=O)NC(=O)[C@H](C)[NH+](C)CC(=O)Nc1ccc(OC)cc1. The lowest BCUT2D eigenvalue weighted by molar-refractivity contribution is -0.885. The van der Waals surface area contributed by atoms with E-state index < -0.39 is 18.0 Å². The van der Waals surface area contributed by atoms with Crippen molar-refractivity contribution >= 4 is 23.5 Å². The predicted molar refractivity (Wildman–Crippen MR) is 85.4 cm³/mol. The van der Waals surface area contributed by atoms with E-state index in [-0.39, 0.29) is 12.5 Å². The van der Waals surface area contributed by atoms with Gasteiger partial charge in [0, 0.05) is 12.7 Å². The number of quaternary nitrogens is 1. The minimum absolute atomic E-state index is 0.0916. The number of amides is 4. The van der Waals surface area contributed by atoms with Crippen molar-refractivity contribution in [3.63, 3.8) is 0 Å². The van der Waals surface area contributed by atoms with Gasteiger partial charge < -0.3 is 20.3 Å². The van der Waals surface area contributed by atoms with Crippen LogP contribution in [0, 0.1) is 0 Å². The zero-order valence-corrected chi connectivity index (χ0v) is 13.7. The Bertz CT molecular complexity index is 559. The van der Waals surface area contributed by atoms with Crippen molar-refractivity contribution in [2.24, 2.45) is 0 Å². The van der Waals surface area contributed by atoms with E-state index in [0.717, 1.165) is 0 Å². The maximum Gasteiger partial charge on any atom is 0.321 e. The second-order valence-corrected chi connectivity index (χ2v) is 5.09. The van der Waals surface area contributed by atoms with Gasteiger partial charge in [-0.05, 0) is 31.2 Å². The van der Waals surface area contributed by atoms with Crippen LogP contribution in [0.25, 0.3) is 0 Å². The van der Waals surface area contributed by atoms with Crippen LogP contribution in [0.3, 0.4) is 0 Å². The molecule has 0 saturated carbocycles. The molecule has 4 amide bonds. The molecular formula is C15H23N4O4+. The van der Waals surface area contributed by atoms with Gasteiger partial charge >= 0.3 is 6.03 Å². The van der Waals surface area contributed by atoms with Gasteiger partial charge in [-0.3, -0.25) is 14.9 Å². The van der Waals surface area contributed by atoms with Gasteiger partial charge in [-0.2, -0.15) is 0 Å². The Hall–Kier alpha value is -2.61. The molecule has 1 rings (SSSR count). The van der Waals surface area contributed by atoms with Crippen molar-refractivity contribution in [2.75, 3.05) is 33.1 Å². The van der Waals surface area contributed by atoms with Crippen molar-refractivity contribution < 1.29 is 24.0 Å². The zero-order valence-electron chi connectivity index (χ0n) is 13.7. The molecule has 1 unspecified atom stereocenters. The smallest absolute Gasteiger partial charge is 0.321 e. The van der Waals surface area contributed by atoms with Crippen molar-refractivity contribution in [1.82, 2.24) is 10.6 Å². The minimum Gasteiger partial charge on any atom is -0.497 e. The first-order valence-electron chi connectivity index (χ1n) is 7.16. The van der Waals surface area contributed by atoms with Crippen LogP contribution in [0.2, 0.25) is 0 Å². The quantitative estimate of drug-likeness (QED) is 0.539. The lowest BCUT2D eigenvalue weighted by atomic mass is 10.2. The molecule has 23 heavy (non-hydrogen) atoms. The molecule has 8 nitrogen and oxygen atoms in total. The van der Waals surface area contributed by atoms with Crippen LogP contribution in [-0.4, -0.2) is 51.6 Å². The Morgan fingerprint density at radius 3 is 2.35 bits per heavy atom. The van der Waals surface area contributed by atoms with Crippen LogP contribution < -0.4 is 25.6 Å². The number of ether oxygens (including phenoxy) is 1. The first kappa shape index (κ1) is 18.4. The van der Waals surface area contributed by atoms with Crippen LogP contribution >= 0.6 is 0 Å². The Morgan fingerprint density at radius 1 is 1.22 bits per heavy atom. The molecule has 0 radical (unpaired) electrons. The minimum atomic E-state index is -0.572. The van der Waals surface area contributed by atoms with Crippen LogP contribution in [0.5, 0.6) is 5.75 Å². The highest BCUT2D eigenvalue weighted by Crippen LogP contribution is 2.14. The molecule has 1 aromatic rings. The third-order valence-electron chi connectivity index (χ3n) is 3.41. The van der Waals surface area contributed by atoms with Gasteiger partial charge in [0.25, 0.3) is 11.8 Å². The maximum absolute atomic E-state index is 12.0. The average Bonchev–Trinajstić information content (AvgIpc) is 2.54. The molecular weight excluding hydrogens is 300 g/mol. The molecule has 8 heteroatoms. The normalized spacial score (nSPS) is 12.7. The Labute approximate surface area is 135 Å². The fourth-order valence-electron chi connectivity index (χ4n) is 1.79. The van der Waals surface area contributed by atoms with Gasteiger partial charge in [0.1, 0.15) is 5.75 Å². The summed E-state index contributed by atoms with van der Waals surface area (Å²) in [6, 6.07) is 5.82. The highest BCUT2D eigenvalue weighted by molar-refractivity contribution is 5.96. The van der Waals surface area contributed by atoms with E-state index in [0.29, 0.717) is 16.3 Å². The van der Waals surface area contributed by atoms with Gasteiger partial charge in [-0.15, -0.1) is 0 Å². The summed E-state index contributed by atoms with van der Waals surface area (Å²) in [7, 11) is 4.70. The molecule has 0 aliphatic heterocycles. The lowest BCUT2D eigenvalue weighted by Gasteiger charge is -2.20. The number of nitrogens with one attached hydrogen (secondary N) is 4. The van der Waals surface area contributed by atoms with Gasteiger partial charge in [-0.1, -0.05) is 0 Å². The number of likely N-dealkylation sites (N-methyl/N-ethyl adjacent to an activating group) is 1. The van der Waals surface area contributed by atoms with Crippen molar-refractivity contribution in [3.05, 3.63) is 24.3 Å². The summed E-state index contributed by atoms with van der Waals surface area (Å²) >= 11 is 0. The fourth-order valence-corrected chi connectivity index (χ4v) is 1.79. The number of carbonyl (C=O) groups is 3. The summed E-state index contributed by atoms with van der Waals surface area (Å²) in [5.74, 6) is 0.0246. The van der Waals surface area contributed by atoms with Crippen LogP contribution in [0.1, 0.15) is 6.92 Å². The largest absolute Gasteiger partial charge is 0.497 e. The number of hydrogen-bond donors (Lipinski definition) is 4. The molecule has 0 aromatic heterocycles. The third-order valence-corrected chi connectivity index (χ3v) is 3.41. The molecule has 1 aromatic carbocycles. The standard InChI is InChI=1S/C15H22N4O4/c1-10(14(21)18-15(22)16-2)19(3)9-13(20)17-11-5-7-12(23-4)8-6-11/h5-8,10H,9H2,1-4H3,(H,17,20)(H2,16,18,21,22)/p+1/t10-/m0/s1. The van der Waals surface area contributed by atoms with Crippen LogP contribution in [-0.2, 0) is 9.59 Å². The number of anilines is 1. The lowest BCUT2D eigenvalue weighted by Crippen LogP contribution is -3.15. The number of imide groups is 1. The first-order chi connectivity index (χ1) is 10.9. The average molecular weight is 323 g/mol. The summed E-state index contributed by atoms with van der Waals surface area (Å²) in [6.07, 6.45) is 0. The molecule has 0 aliphatic carbocycles. The monoisotopic (exact) mass is 323 g/mol. The molecule has 0 fully saturated rings. The summed E-state index contributed by atoms with van der Waals surface area (Å²) in [5.41, 5.74) is 0.645. The van der Waals surface area contributed by atoms with E-state index in [4.69, 9.17) is 4.74 Å². The Balaban J connectivity index is 2.51. The van der Waals surface area contributed by atoms with Gasteiger partial charge in [0.15, 0.2) is 12.6 Å². The fraction of sp³-hybridized carbons (Fsp3) is 0.400. The maximum atomic E-state index is 12.0. The van der Waals surface area contributed by atoms with E-state index in [1.807, 2.05) is 0 Å². The van der Waals surface area contributed by atoms with Crippen LogP contribution in [0.4, 0.5) is 10.5 Å². The van der Waals surface area contributed by atoms with Gasteiger partial charge in [0.2, 0.25) is 0 Å². The molecule has 2 atom stereocenters. The highest BCUT2D eigenvalue weighted by Gasteiger charge is 2.25. The van der Waals surface area contributed by atoms with E-state index in [1.165, 1.54) is 7.05 Å². The van der Waals surface area contributed by atoms with Crippen molar-refractivity contribution in [2.45, 2.75) is 13.0 Å². The van der Waals surface area contributed by atoms with E-state index in [1.54, 1.807) is 45.3 Å². The molecule has 4 N–H and O–H groups in total. The second-order valence-electron chi connectivity index (χ2n) is 5.09. The molecule has 0 saturated heterocycles. The van der Waals surface area contributed by atoms with E-state index in [9.17, 15) is 14.4 Å². The van der Waals surface area contributed by atoms with E-state index in [2.05, 4.69) is 16.0 Å². The first-order valence-corrected chi connectivity index (χ1v) is 7.16. The molecule has 0 bridgehead atoms. The van der Waals surface area contributed by atoms with Gasteiger partial charge in [-0.25, -0.2) is 4.79 Å². The van der Waals surface area contributed by atoms with Crippen molar-refractivity contribution in [3.8, 4) is 5.75 Å². The molecule has 126 valence electrons. The zero-order chi connectivity index (χ0) is 17.4. The second kappa shape index (κ2) is 8.74. The highest BCUT2D eigenvalue weighted by atomic mass is 16.5. The van der Waals surface area contributed by atoms with Gasteiger partial charge in [0.05, 0.1) is 14.2 Å². The number of carbonyl (C=O) groups excluding carboxylic acids is 3. The van der Waals surface area contributed by atoms with Crippen LogP contribution in [0.15, 0.2) is 24.3 Å². The predicted octanol–water partition coefficient (Wildman–Crippen LogP) is -1.01. The summed E-state index contributed by atoms with van der Waals surface area (Å²) in [6.45, 7) is 1.74. The number of benzene rings is 1. The topological polar surface area (TPSA) is 101 Å². The summed E-state index contributed by atoms with van der Waals surface area (Å²) in [5, 5.41) is 7.24. The third kappa shape index (κ3) is 5.95. The number of hydrogen-bond acceptors (Lipinski definition) is 4. The molecule has 0 aliphatic rings.